The van der Waals surface area contributed by atoms with Gasteiger partial charge in [0.25, 0.3) is 5.91 Å². The zero-order valence-corrected chi connectivity index (χ0v) is 18.0. The summed E-state index contributed by atoms with van der Waals surface area (Å²) in [4.78, 5) is 16.4. The van der Waals surface area contributed by atoms with Gasteiger partial charge in [-0.2, -0.15) is 8.78 Å². The number of hydrogen-bond donors (Lipinski definition) is 1. The number of benzene rings is 2. The number of thiocarbonyl (C=S) groups is 1. The minimum atomic E-state index is -2.98. The molecule has 0 aromatic heterocycles. The van der Waals surface area contributed by atoms with Crippen LogP contribution in [0.25, 0.3) is 0 Å². The molecule has 1 heterocycles. The number of aryl methyl sites for hydroxylation is 1. The zero-order valence-electron chi connectivity index (χ0n) is 17.1. The van der Waals surface area contributed by atoms with Crippen LogP contribution in [0.15, 0.2) is 59.8 Å². The molecule has 0 saturated heterocycles. The van der Waals surface area contributed by atoms with Gasteiger partial charge < -0.3 is 15.0 Å². The van der Waals surface area contributed by atoms with Gasteiger partial charge in [0.2, 0.25) is 0 Å². The van der Waals surface area contributed by atoms with Crippen molar-refractivity contribution >= 4 is 28.9 Å². The number of para-hydroxylation sites is 1. The highest BCUT2D eigenvalue weighted by Crippen LogP contribution is 2.38. The molecule has 1 N–H and O–H groups in total. The van der Waals surface area contributed by atoms with Crippen LogP contribution in [0, 0.1) is 6.92 Å². The SMILES string of the molecule is CC1=C(C(=O)N(C)C)C(c2ccccc2OC(F)F)NC(=S)N1c1ccc(C)cc1. The van der Waals surface area contributed by atoms with E-state index in [1.165, 1.54) is 11.0 Å². The molecule has 158 valence electrons. The van der Waals surface area contributed by atoms with Crippen LogP contribution in [-0.2, 0) is 4.79 Å². The van der Waals surface area contributed by atoms with Crippen molar-refractivity contribution in [3.63, 3.8) is 0 Å². The number of alkyl halides is 2. The summed E-state index contributed by atoms with van der Waals surface area (Å²) in [6.07, 6.45) is 0. The van der Waals surface area contributed by atoms with Crippen molar-refractivity contribution in [2.45, 2.75) is 26.5 Å². The quantitative estimate of drug-likeness (QED) is 0.712. The van der Waals surface area contributed by atoms with Crippen molar-refractivity contribution in [3.8, 4) is 5.75 Å². The molecule has 2 aromatic carbocycles. The molecule has 0 spiro atoms. The second-order valence-electron chi connectivity index (χ2n) is 7.17. The van der Waals surface area contributed by atoms with Crippen molar-refractivity contribution in [1.29, 1.82) is 0 Å². The highest BCUT2D eigenvalue weighted by Gasteiger charge is 2.36. The summed E-state index contributed by atoms with van der Waals surface area (Å²) in [6.45, 7) is 0.799. The first kappa shape index (κ1) is 21.7. The fourth-order valence-electron chi connectivity index (χ4n) is 3.42. The van der Waals surface area contributed by atoms with Crippen LogP contribution in [0.2, 0.25) is 0 Å². The molecular formula is C22H23F2N3O2S. The maximum absolute atomic E-state index is 13.1. The molecule has 8 heteroatoms. The van der Waals surface area contributed by atoms with E-state index in [0.29, 0.717) is 21.9 Å². The van der Waals surface area contributed by atoms with E-state index in [4.69, 9.17) is 17.0 Å². The highest BCUT2D eigenvalue weighted by atomic mass is 32.1. The van der Waals surface area contributed by atoms with E-state index in [1.807, 2.05) is 31.2 Å². The van der Waals surface area contributed by atoms with Crippen LogP contribution in [-0.4, -0.2) is 36.6 Å². The van der Waals surface area contributed by atoms with Gasteiger partial charge in [0.05, 0.1) is 11.6 Å². The van der Waals surface area contributed by atoms with Gasteiger partial charge in [0.15, 0.2) is 5.11 Å². The number of nitrogens with one attached hydrogen (secondary N) is 1. The van der Waals surface area contributed by atoms with Crippen LogP contribution in [0.1, 0.15) is 24.1 Å². The first-order valence-electron chi connectivity index (χ1n) is 9.34. The number of rotatable bonds is 5. The first-order valence-corrected chi connectivity index (χ1v) is 9.75. The van der Waals surface area contributed by atoms with E-state index in [2.05, 4.69) is 5.32 Å². The third-order valence-electron chi connectivity index (χ3n) is 4.86. The van der Waals surface area contributed by atoms with Gasteiger partial charge >= 0.3 is 6.61 Å². The Bertz CT molecular complexity index is 990. The second-order valence-corrected chi connectivity index (χ2v) is 7.56. The van der Waals surface area contributed by atoms with Gasteiger partial charge in [0, 0.05) is 31.0 Å². The number of likely N-dealkylation sites (N-methyl/N-ethyl adjacent to an activating group) is 1. The molecule has 1 atom stereocenters. The maximum atomic E-state index is 13.1. The molecule has 0 radical (unpaired) electrons. The molecule has 30 heavy (non-hydrogen) atoms. The summed E-state index contributed by atoms with van der Waals surface area (Å²) < 4.78 is 30.6. The Kier molecular flexibility index (Phi) is 6.36. The number of hydrogen-bond acceptors (Lipinski definition) is 3. The van der Waals surface area contributed by atoms with Crippen LogP contribution < -0.4 is 15.0 Å². The largest absolute Gasteiger partial charge is 0.434 e. The number of amides is 1. The molecule has 0 aliphatic carbocycles. The molecule has 1 aliphatic heterocycles. The Morgan fingerprint density at radius 2 is 1.77 bits per heavy atom. The minimum Gasteiger partial charge on any atom is -0.434 e. The normalized spacial score (nSPS) is 16.6. The van der Waals surface area contributed by atoms with Crippen LogP contribution in [0.5, 0.6) is 5.75 Å². The Morgan fingerprint density at radius 3 is 2.37 bits per heavy atom. The predicted molar refractivity (Wildman–Crippen MR) is 117 cm³/mol. The van der Waals surface area contributed by atoms with Gasteiger partial charge in [-0.3, -0.25) is 9.69 Å². The predicted octanol–water partition coefficient (Wildman–Crippen LogP) is 4.39. The number of anilines is 1. The molecule has 3 rings (SSSR count). The lowest BCUT2D eigenvalue weighted by Gasteiger charge is -2.39. The van der Waals surface area contributed by atoms with E-state index >= 15 is 0 Å². The average molecular weight is 432 g/mol. The standard InChI is InChI=1S/C22H23F2N3O2S/c1-13-9-11-15(12-10-13)27-14(2)18(20(28)26(3)4)19(25-22(27)30)16-7-5-6-8-17(16)29-21(23)24/h5-12,19,21H,1-4H3,(H,25,30). The number of carbonyl (C=O) groups excluding carboxylic acids is 1. The fourth-order valence-corrected chi connectivity index (χ4v) is 3.78. The number of ether oxygens (including phenoxy) is 1. The summed E-state index contributed by atoms with van der Waals surface area (Å²) in [5.41, 5.74) is 3.33. The molecule has 0 saturated carbocycles. The number of carbonyl (C=O) groups is 1. The molecule has 1 aliphatic rings. The maximum Gasteiger partial charge on any atom is 0.387 e. The van der Waals surface area contributed by atoms with E-state index in [-0.39, 0.29) is 11.7 Å². The Balaban J connectivity index is 2.17. The van der Waals surface area contributed by atoms with Crippen LogP contribution in [0.4, 0.5) is 14.5 Å². The van der Waals surface area contributed by atoms with Gasteiger partial charge in [-0.15, -0.1) is 0 Å². The monoisotopic (exact) mass is 431 g/mol. The molecule has 2 aromatic rings. The van der Waals surface area contributed by atoms with Gasteiger partial charge in [-0.05, 0) is 44.3 Å². The highest BCUT2D eigenvalue weighted by molar-refractivity contribution is 7.80. The first-order chi connectivity index (χ1) is 14.2. The molecule has 0 fully saturated rings. The third kappa shape index (κ3) is 4.28. The van der Waals surface area contributed by atoms with Crippen molar-refractivity contribution < 1.29 is 18.3 Å². The lowest BCUT2D eigenvalue weighted by atomic mass is 9.93. The van der Waals surface area contributed by atoms with Crippen molar-refractivity contribution in [3.05, 3.63) is 70.9 Å². The third-order valence-corrected chi connectivity index (χ3v) is 5.16. The zero-order chi connectivity index (χ0) is 22.0. The summed E-state index contributed by atoms with van der Waals surface area (Å²) >= 11 is 5.60. The van der Waals surface area contributed by atoms with Crippen molar-refractivity contribution in [2.75, 3.05) is 19.0 Å². The van der Waals surface area contributed by atoms with Gasteiger partial charge in [0.1, 0.15) is 5.75 Å². The summed E-state index contributed by atoms with van der Waals surface area (Å²) in [5, 5.41) is 3.52. The van der Waals surface area contributed by atoms with E-state index in [1.54, 1.807) is 44.1 Å². The number of nitrogens with zero attached hydrogens (tertiary/aromatic N) is 2. The van der Waals surface area contributed by atoms with Gasteiger partial charge in [-0.1, -0.05) is 35.9 Å². The Hall–Kier alpha value is -3.00. The second kappa shape index (κ2) is 8.79. The molecule has 1 unspecified atom stereocenters. The summed E-state index contributed by atoms with van der Waals surface area (Å²) in [7, 11) is 3.29. The molecule has 0 bridgehead atoms. The van der Waals surface area contributed by atoms with Gasteiger partial charge in [-0.25, -0.2) is 0 Å². The molecule has 1 amide bonds. The molecule has 5 nitrogen and oxygen atoms in total. The van der Waals surface area contributed by atoms with Crippen LogP contribution in [0.3, 0.4) is 0 Å². The Labute approximate surface area is 179 Å². The van der Waals surface area contributed by atoms with Crippen molar-refractivity contribution in [1.82, 2.24) is 10.2 Å². The lowest BCUT2D eigenvalue weighted by Crippen LogP contribution is -2.49. The molecular weight excluding hydrogens is 408 g/mol. The van der Waals surface area contributed by atoms with Crippen molar-refractivity contribution in [2.24, 2.45) is 0 Å². The minimum absolute atomic E-state index is 0.00607. The smallest absolute Gasteiger partial charge is 0.387 e. The van der Waals surface area contributed by atoms with E-state index in [0.717, 1.165) is 11.3 Å². The lowest BCUT2D eigenvalue weighted by molar-refractivity contribution is -0.125. The summed E-state index contributed by atoms with van der Waals surface area (Å²) in [6, 6.07) is 13.4. The number of allylic oxidation sites excluding steroid dienone is 1. The average Bonchev–Trinajstić information content (AvgIpc) is 2.68. The fraction of sp³-hybridized carbons (Fsp3) is 0.273. The summed E-state index contributed by atoms with van der Waals surface area (Å²) in [5.74, 6) is -0.259. The van der Waals surface area contributed by atoms with Crippen LogP contribution >= 0.6 is 12.2 Å². The van der Waals surface area contributed by atoms with E-state index in [9.17, 15) is 13.6 Å². The Morgan fingerprint density at radius 1 is 1.13 bits per heavy atom. The topological polar surface area (TPSA) is 44.8 Å². The van der Waals surface area contributed by atoms with E-state index < -0.39 is 12.7 Å². The number of halogens is 2.